The molecule has 160 valence electrons. The average Bonchev–Trinajstić information content (AvgIpc) is 2.91. The molecule has 0 atom stereocenters. The molecule has 6 aromatic rings. The van der Waals surface area contributed by atoms with Crippen molar-refractivity contribution in [1.29, 1.82) is 0 Å². The number of fused-ring (bicyclic) bond motifs is 4. The van der Waals surface area contributed by atoms with Crippen LogP contribution in [0.5, 0.6) is 11.5 Å². The van der Waals surface area contributed by atoms with Gasteiger partial charge in [-0.15, -0.1) is 0 Å². The Bertz CT molecular complexity index is 1630. The van der Waals surface area contributed by atoms with Crippen LogP contribution in [0.25, 0.3) is 32.7 Å². The molecule has 0 N–H and O–H groups in total. The number of rotatable bonds is 3. The Labute approximate surface area is 198 Å². The normalized spacial score (nSPS) is 11.8. The Morgan fingerprint density at radius 3 is 1.88 bits per heavy atom. The highest BCUT2D eigenvalue weighted by molar-refractivity contribution is 6.16. The largest absolute Gasteiger partial charge is 0.454 e. The van der Waals surface area contributed by atoms with Crippen LogP contribution in [0.15, 0.2) is 127 Å². The summed E-state index contributed by atoms with van der Waals surface area (Å²) in [5, 5.41) is 4.84. The highest BCUT2D eigenvalue weighted by atomic mass is 16.5. The topological polar surface area (TPSA) is 12.5 Å². The number of hydrogen-bond acceptors (Lipinski definition) is 2. The first kappa shape index (κ1) is 19.0. The van der Waals surface area contributed by atoms with Gasteiger partial charge in [-0.25, -0.2) is 0 Å². The van der Waals surface area contributed by atoms with Crippen LogP contribution >= 0.6 is 0 Å². The van der Waals surface area contributed by atoms with Crippen LogP contribution in [0.1, 0.15) is 0 Å². The molecular weight excluding hydrogens is 414 g/mol. The maximum atomic E-state index is 6.77. The van der Waals surface area contributed by atoms with Gasteiger partial charge in [0.25, 0.3) is 0 Å². The second kappa shape index (κ2) is 7.50. The van der Waals surface area contributed by atoms with Gasteiger partial charge >= 0.3 is 0 Å². The third kappa shape index (κ3) is 2.82. The molecule has 0 aromatic heterocycles. The Kier molecular flexibility index (Phi) is 4.18. The van der Waals surface area contributed by atoms with Crippen molar-refractivity contribution in [2.75, 3.05) is 4.90 Å². The summed E-state index contributed by atoms with van der Waals surface area (Å²) in [6.07, 6.45) is 0. The lowest BCUT2D eigenvalue weighted by Crippen LogP contribution is -2.12. The van der Waals surface area contributed by atoms with Gasteiger partial charge < -0.3 is 9.64 Å². The van der Waals surface area contributed by atoms with Gasteiger partial charge in [0.2, 0.25) is 0 Å². The number of para-hydroxylation sites is 3. The van der Waals surface area contributed by atoms with Gasteiger partial charge in [-0.3, -0.25) is 0 Å². The monoisotopic (exact) mass is 435 g/mol. The van der Waals surface area contributed by atoms with Crippen molar-refractivity contribution in [3.8, 4) is 22.6 Å². The molecule has 2 heteroatoms. The molecule has 0 spiro atoms. The number of ether oxygens (including phenoxy) is 1. The summed E-state index contributed by atoms with van der Waals surface area (Å²) in [6.45, 7) is 0. The van der Waals surface area contributed by atoms with Gasteiger partial charge in [0.05, 0.1) is 5.69 Å². The summed E-state index contributed by atoms with van der Waals surface area (Å²) < 4.78 is 6.77. The van der Waals surface area contributed by atoms with Crippen molar-refractivity contribution < 1.29 is 4.74 Å². The summed E-state index contributed by atoms with van der Waals surface area (Å²) in [5.74, 6) is 1.79. The fourth-order valence-electron chi connectivity index (χ4n) is 5.14. The summed E-state index contributed by atoms with van der Waals surface area (Å²) >= 11 is 0. The van der Waals surface area contributed by atoms with Crippen molar-refractivity contribution >= 4 is 38.6 Å². The molecule has 0 saturated heterocycles. The third-order valence-electron chi connectivity index (χ3n) is 6.61. The molecule has 0 fully saturated rings. The van der Waals surface area contributed by atoms with E-state index in [9.17, 15) is 0 Å². The van der Waals surface area contributed by atoms with Crippen molar-refractivity contribution in [1.82, 2.24) is 0 Å². The summed E-state index contributed by atoms with van der Waals surface area (Å²) in [6, 6.07) is 44.6. The number of benzene rings is 6. The number of hydrogen-bond donors (Lipinski definition) is 0. The van der Waals surface area contributed by atoms with Crippen molar-refractivity contribution in [2.45, 2.75) is 0 Å². The Morgan fingerprint density at radius 2 is 1.12 bits per heavy atom. The van der Waals surface area contributed by atoms with E-state index in [0.717, 1.165) is 34.1 Å². The van der Waals surface area contributed by atoms with E-state index in [1.807, 2.05) is 12.1 Å². The molecule has 0 aliphatic carbocycles. The molecule has 0 unspecified atom stereocenters. The summed E-state index contributed by atoms with van der Waals surface area (Å²) in [5.41, 5.74) is 5.53. The second-order valence-electron chi connectivity index (χ2n) is 8.59. The van der Waals surface area contributed by atoms with Crippen LogP contribution in [-0.2, 0) is 0 Å². The Balaban J connectivity index is 1.52. The second-order valence-corrected chi connectivity index (χ2v) is 8.59. The van der Waals surface area contributed by atoms with E-state index in [-0.39, 0.29) is 0 Å². The van der Waals surface area contributed by atoms with E-state index in [4.69, 9.17) is 4.74 Å². The molecule has 0 bridgehead atoms. The average molecular weight is 436 g/mol. The summed E-state index contributed by atoms with van der Waals surface area (Å²) in [7, 11) is 0. The van der Waals surface area contributed by atoms with E-state index in [1.54, 1.807) is 0 Å². The van der Waals surface area contributed by atoms with Crippen LogP contribution in [0.2, 0.25) is 0 Å². The predicted octanol–water partition coefficient (Wildman–Crippen LogP) is 9.24. The van der Waals surface area contributed by atoms with Gasteiger partial charge in [-0.05, 0) is 58.1 Å². The molecular formula is C32H21NO. The quantitative estimate of drug-likeness (QED) is 0.256. The van der Waals surface area contributed by atoms with Gasteiger partial charge in [-0.2, -0.15) is 0 Å². The van der Waals surface area contributed by atoms with E-state index >= 15 is 0 Å². The minimum atomic E-state index is 0.880. The molecule has 1 heterocycles. The zero-order valence-electron chi connectivity index (χ0n) is 18.5. The van der Waals surface area contributed by atoms with Gasteiger partial charge in [0.1, 0.15) is 5.75 Å². The van der Waals surface area contributed by atoms with Crippen LogP contribution in [0.3, 0.4) is 0 Å². The molecule has 0 saturated carbocycles. The van der Waals surface area contributed by atoms with Crippen LogP contribution in [-0.4, -0.2) is 0 Å². The van der Waals surface area contributed by atoms with Crippen LogP contribution in [0, 0.1) is 0 Å². The molecule has 1 aliphatic heterocycles. The van der Waals surface area contributed by atoms with Crippen molar-refractivity contribution in [2.24, 2.45) is 0 Å². The van der Waals surface area contributed by atoms with E-state index in [0.29, 0.717) is 0 Å². The fraction of sp³-hybridized carbons (Fsp3) is 0. The Hall–Kier alpha value is -4.56. The highest BCUT2D eigenvalue weighted by Crippen LogP contribution is 2.53. The molecule has 2 nitrogen and oxygen atoms in total. The van der Waals surface area contributed by atoms with Crippen LogP contribution in [0.4, 0.5) is 17.1 Å². The van der Waals surface area contributed by atoms with E-state index in [2.05, 4.69) is 120 Å². The molecule has 34 heavy (non-hydrogen) atoms. The Morgan fingerprint density at radius 1 is 0.500 bits per heavy atom. The zero-order chi connectivity index (χ0) is 22.5. The summed E-state index contributed by atoms with van der Waals surface area (Å²) in [4.78, 5) is 2.27. The van der Waals surface area contributed by atoms with Crippen molar-refractivity contribution in [3.05, 3.63) is 127 Å². The lowest BCUT2D eigenvalue weighted by atomic mass is 9.91. The first-order valence-electron chi connectivity index (χ1n) is 11.5. The minimum Gasteiger partial charge on any atom is -0.454 e. The molecule has 6 aromatic carbocycles. The van der Waals surface area contributed by atoms with Gasteiger partial charge in [0.15, 0.2) is 5.75 Å². The van der Waals surface area contributed by atoms with E-state index in [1.165, 1.54) is 27.1 Å². The SMILES string of the molecule is c1ccc(N(c2ccccc2)c2cccc3c2Oc2cc4ccccc4c4cccc-3c24)cc1. The maximum Gasteiger partial charge on any atom is 0.159 e. The molecule has 7 rings (SSSR count). The number of anilines is 3. The highest BCUT2D eigenvalue weighted by Gasteiger charge is 2.26. The number of nitrogens with zero attached hydrogens (tertiary/aromatic N) is 1. The van der Waals surface area contributed by atoms with Crippen molar-refractivity contribution in [3.63, 3.8) is 0 Å². The smallest absolute Gasteiger partial charge is 0.159 e. The zero-order valence-corrected chi connectivity index (χ0v) is 18.5. The molecule has 0 amide bonds. The fourth-order valence-corrected chi connectivity index (χ4v) is 5.14. The predicted molar refractivity (Wildman–Crippen MR) is 142 cm³/mol. The van der Waals surface area contributed by atoms with Crippen LogP contribution < -0.4 is 9.64 Å². The maximum absolute atomic E-state index is 6.77. The van der Waals surface area contributed by atoms with Gasteiger partial charge in [-0.1, -0.05) is 91.0 Å². The molecule has 1 aliphatic rings. The first-order valence-corrected chi connectivity index (χ1v) is 11.5. The molecule has 0 radical (unpaired) electrons. The minimum absolute atomic E-state index is 0.880. The lowest BCUT2D eigenvalue weighted by Gasteiger charge is -2.30. The third-order valence-corrected chi connectivity index (χ3v) is 6.61. The first-order chi connectivity index (χ1) is 16.9. The van der Waals surface area contributed by atoms with E-state index < -0.39 is 0 Å². The van der Waals surface area contributed by atoms with Gasteiger partial charge in [0, 0.05) is 22.3 Å². The standard InChI is InChI=1S/C32H21NO/c1-3-12-23(13-4-1)33(24-14-5-2-6-15-24)29-20-10-19-28-27-18-9-17-26-25-16-8-7-11-22(25)21-30(31(26)27)34-32(28)29/h1-21H. The lowest BCUT2D eigenvalue weighted by molar-refractivity contribution is 0.489.